The van der Waals surface area contributed by atoms with Gasteiger partial charge in [-0.2, -0.15) is 0 Å². The van der Waals surface area contributed by atoms with Gasteiger partial charge in [0.1, 0.15) is 0 Å². The number of nitrogens with one attached hydrogen (secondary N) is 1. The fourth-order valence-corrected chi connectivity index (χ4v) is 1.61. The van der Waals surface area contributed by atoms with Gasteiger partial charge in [0.25, 0.3) is 0 Å². The van der Waals surface area contributed by atoms with Crippen molar-refractivity contribution in [1.82, 2.24) is 0 Å². The van der Waals surface area contributed by atoms with Crippen LogP contribution in [0.25, 0.3) is 0 Å². The Morgan fingerprint density at radius 2 is 2.08 bits per heavy atom. The third kappa shape index (κ3) is 4.93. The first-order valence-corrected chi connectivity index (χ1v) is 5.67. The van der Waals surface area contributed by atoms with E-state index in [9.17, 15) is 8.42 Å². The molecule has 6 heteroatoms. The first-order chi connectivity index (χ1) is 5.72. The van der Waals surface area contributed by atoms with E-state index in [0.29, 0.717) is 5.69 Å². The van der Waals surface area contributed by atoms with Gasteiger partial charge in [0.05, 0.1) is 0 Å². The minimum absolute atomic E-state index is 0. The fourth-order valence-electron chi connectivity index (χ4n) is 0.798. The molecule has 3 nitrogen and oxygen atoms in total. The van der Waals surface area contributed by atoms with Gasteiger partial charge >= 0.3 is 0 Å². The zero-order valence-electron chi connectivity index (χ0n) is 7.48. The van der Waals surface area contributed by atoms with Crippen molar-refractivity contribution in [2.24, 2.45) is 0 Å². The van der Waals surface area contributed by atoms with Gasteiger partial charge in [-0.05, 0) is 24.5 Å². The van der Waals surface area contributed by atoms with Crippen LogP contribution in [0, 0.1) is 0 Å². The molecule has 0 fully saturated rings. The molecular weight excluding hydrogens is 217 g/mol. The van der Waals surface area contributed by atoms with Crippen LogP contribution in [0.2, 0.25) is 0 Å². The van der Waals surface area contributed by atoms with Crippen LogP contribution in [-0.2, 0) is 10.9 Å². The Bertz CT molecular complexity index is 333. The predicted molar refractivity (Wildman–Crippen MR) is 57.9 cm³/mol. The van der Waals surface area contributed by atoms with E-state index in [1.165, 1.54) is 0 Å². The Morgan fingerprint density at radius 3 is 2.62 bits per heavy atom. The predicted octanol–water partition coefficient (Wildman–Crippen LogP) is 0.966. The summed E-state index contributed by atoms with van der Waals surface area (Å²) in [6.45, 7) is 0. The van der Waals surface area contributed by atoms with Gasteiger partial charge in [0.2, 0.25) is 10.9 Å². The molecule has 0 saturated carbocycles. The minimum Gasteiger partial charge on any atom is -0.286 e. The largest absolute Gasteiger partial charge is 0.286 e. The van der Waals surface area contributed by atoms with Crippen LogP contribution >= 0.6 is 11.8 Å². The van der Waals surface area contributed by atoms with Crippen LogP contribution in [0.3, 0.4) is 0 Å². The molecule has 0 aliphatic rings. The van der Waals surface area contributed by atoms with Gasteiger partial charge in [-0.15, -0.1) is 11.8 Å². The first-order valence-electron chi connectivity index (χ1n) is 3.27. The number of thioether (sulfide) groups is 1. The second-order valence-corrected chi connectivity index (χ2v) is 3.72. The number of hydrogen-bond donors (Lipinski definition) is 2. The van der Waals surface area contributed by atoms with Gasteiger partial charge in [-0.1, -0.05) is 6.07 Å². The van der Waals surface area contributed by atoms with Crippen molar-refractivity contribution < 1.29 is 8.42 Å². The van der Waals surface area contributed by atoms with E-state index in [4.69, 9.17) is 0 Å². The summed E-state index contributed by atoms with van der Waals surface area (Å²) in [4.78, 5) is 1.04. The SMILES string of the molecule is CSc1cccc(N[SH](=O)=O)c1.[Na]. The van der Waals surface area contributed by atoms with Crippen molar-refractivity contribution in [1.29, 1.82) is 0 Å². The van der Waals surface area contributed by atoms with Crippen molar-refractivity contribution >= 4 is 57.9 Å². The van der Waals surface area contributed by atoms with Gasteiger partial charge in [-0.3, -0.25) is 4.72 Å². The monoisotopic (exact) mass is 226 g/mol. The summed E-state index contributed by atoms with van der Waals surface area (Å²) in [7, 11) is -2.55. The second-order valence-electron chi connectivity index (χ2n) is 2.10. The van der Waals surface area contributed by atoms with E-state index in [1.54, 1.807) is 23.9 Å². The number of rotatable bonds is 3. The molecule has 0 heterocycles. The topological polar surface area (TPSA) is 46.2 Å². The Balaban J connectivity index is 0.00000144. The molecule has 1 radical (unpaired) electrons. The zero-order chi connectivity index (χ0) is 8.97. The van der Waals surface area contributed by atoms with E-state index in [1.807, 2.05) is 18.4 Å². The number of anilines is 1. The normalized spacial score (nSPS) is 9.38. The van der Waals surface area contributed by atoms with Gasteiger partial charge in [0, 0.05) is 40.1 Å². The maximum absolute atomic E-state index is 10.3. The Labute approximate surface area is 106 Å². The van der Waals surface area contributed by atoms with E-state index in [2.05, 4.69) is 4.72 Å². The van der Waals surface area contributed by atoms with Gasteiger partial charge < -0.3 is 0 Å². The van der Waals surface area contributed by atoms with E-state index >= 15 is 0 Å². The molecule has 0 aliphatic heterocycles. The maximum atomic E-state index is 10.3. The van der Waals surface area contributed by atoms with Crippen molar-refractivity contribution in [3.05, 3.63) is 24.3 Å². The zero-order valence-corrected chi connectivity index (χ0v) is 11.2. The molecule has 1 N–H and O–H groups in total. The Hall–Kier alpha value is 0.320. The molecular formula is C7H9NNaO2S2. The molecule has 67 valence electrons. The van der Waals surface area contributed by atoms with Crippen molar-refractivity contribution in [2.45, 2.75) is 4.90 Å². The standard InChI is InChI=1S/C7H9NO2S2.Na/c1-11-7-4-2-3-6(5-7)8-12(9)10;/h2-5,12H,1H3,(H,8,9,10);. The third-order valence-corrected chi connectivity index (χ3v) is 2.46. The minimum atomic E-state index is -2.55. The maximum Gasteiger partial charge on any atom is 0.222 e. The molecule has 0 amide bonds. The van der Waals surface area contributed by atoms with Crippen LogP contribution in [0.15, 0.2) is 29.2 Å². The average Bonchev–Trinajstić information content (AvgIpc) is 2.03. The van der Waals surface area contributed by atoms with Crippen LogP contribution in [0.4, 0.5) is 5.69 Å². The smallest absolute Gasteiger partial charge is 0.222 e. The van der Waals surface area contributed by atoms with E-state index < -0.39 is 10.9 Å². The van der Waals surface area contributed by atoms with E-state index in [0.717, 1.165) is 4.90 Å². The summed E-state index contributed by atoms with van der Waals surface area (Å²) in [5, 5.41) is 0. The van der Waals surface area contributed by atoms with Crippen LogP contribution in [0.5, 0.6) is 0 Å². The summed E-state index contributed by atoms with van der Waals surface area (Å²) < 4.78 is 22.9. The summed E-state index contributed by atoms with van der Waals surface area (Å²) in [5.74, 6) is 0. The molecule has 1 rings (SSSR count). The quantitative estimate of drug-likeness (QED) is 0.458. The summed E-state index contributed by atoms with van der Waals surface area (Å²) in [6.07, 6.45) is 1.94. The number of thiol groups is 1. The van der Waals surface area contributed by atoms with Crippen molar-refractivity contribution in [3.8, 4) is 0 Å². The van der Waals surface area contributed by atoms with Crippen LogP contribution in [0.1, 0.15) is 0 Å². The first kappa shape index (κ1) is 13.3. The molecule has 0 atom stereocenters. The summed E-state index contributed by atoms with van der Waals surface area (Å²) in [5.41, 5.74) is 0.609. The van der Waals surface area contributed by atoms with E-state index in [-0.39, 0.29) is 29.6 Å². The number of hydrogen-bond acceptors (Lipinski definition) is 3. The Morgan fingerprint density at radius 1 is 1.38 bits per heavy atom. The molecule has 0 bridgehead atoms. The molecule has 0 aliphatic carbocycles. The average molecular weight is 226 g/mol. The molecule has 0 saturated heterocycles. The molecule has 0 aromatic heterocycles. The molecule has 13 heavy (non-hydrogen) atoms. The molecule has 1 aromatic rings. The van der Waals surface area contributed by atoms with Crippen molar-refractivity contribution in [2.75, 3.05) is 11.0 Å². The Kier molecular flexibility index (Phi) is 6.89. The third-order valence-electron chi connectivity index (χ3n) is 1.29. The van der Waals surface area contributed by atoms with Crippen LogP contribution < -0.4 is 4.72 Å². The molecule has 0 spiro atoms. The summed E-state index contributed by atoms with van der Waals surface area (Å²) in [6, 6.07) is 7.24. The molecule has 1 aromatic carbocycles. The molecule has 0 unspecified atom stereocenters. The fraction of sp³-hybridized carbons (Fsp3) is 0.143. The van der Waals surface area contributed by atoms with Crippen molar-refractivity contribution in [3.63, 3.8) is 0 Å². The van der Waals surface area contributed by atoms with Gasteiger partial charge in [0.15, 0.2) is 0 Å². The van der Waals surface area contributed by atoms with Gasteiger partial charge in [-0.25, -0.2) is 8.42 Å². The number of benzene rings is 1. The van der Waals surface area contributed by atoms with Crippen LogP contribution in [-0.4, -0.2) is 44.2 Å². The summed E-state index contributed by atoms with van der Waals surface area (Å²) >= 11 is 1.57. The second kappa shape index (κ2) is 6.73.